The summed E-state index contributed by atoms with van der Waals surface area (Å²) in [4.78, 5) is 15.1. The number of hydrogen-bond donors (Lipinski definition) is 1. The lowest BCUT2D eigenvalue weighted by atomic mass is 10.1. The maximum Gasteiger partial charge on any atom is 0.187 e. The Morgan fingerprint density at radius 1 is 0.765 bits per heavy atom. The fraction of sp³-hybridized carbons (Fsp3) is 0. The zero-order valence-electron chi connectivity index (χ0n) is 18.0. The molecule has 0 fully saturated rings. The molecule has 0 bridgehead atoms. The Labute approximate surface area is 205 Å². The average Bonchev–Trinajstić information content (AvgIpc) is 3.67. The van der Waals surface area contributed by atoms with Crippen molar-refractivity contribution in [2.75, 3.05) is 5.32 Å². The molecule has 3 aromatic carbocycles. The first-order valence-corrected chi connectivity index (χ1v) is 12.5. The van der Waals surface area contributed by atoms with Gasteiger partial charge in [-0.25, -0.2) is 15.0 Å². The molecule has 0 radical (unpaired) electrons. The number of hydrogen-bond acceptors (Lipinski definition) is 6. The summed E-state index contributed by atoms with van der Waals surface area (Å²) in [5, 5.41) is 7.22. The molecule has 3 heterocycles. The van der Waals surface area contributed by atoms with Gasteiger partial charge >= 0.3 is 0 Å². The molecule has 6 aromatic rings. The molecular weight excluding hydrogens is 458 g/mol. The number of imidazole rings is 1. The standard InChI is InChI=1S/C27H19N5S2/c1-3-7-19(8-4-1)24-25(20-9-5-2-6-10-20)34-26(31-24)23-17-33-27(30-23)29-21-11-13-22(14-12-21)32-16-15-28-18-32/h1-18H,(H,29,30). The molecule has 34 heavy (non-hydrogen) atoms. The molecular formula is C27H19N5S2. The normalized spacial score (nSPS) is 10.9. The summed E-state index contributed by atoms with van der Waals surface area (Å²) in [5.41, 5.74) is 6.19. The largest absolute Gasteiger partial charge is 0.332 e. The first-order chi connectivity index (χ1) is 16.8. The molecule has 0 aliphatic rings. The Morgan fingerprint density at radius 3 is 2.21 bits per heavy atom. The summed E-state index contributed by atoms with van der Waals surface area (Å²) < 4.78 is 1.97. The monoisotopic (exact) mass is 477 g/mol. The van der Waals surface area contributed by atoms with Crippen LogP contribution in [-0.2, 0) is 0 Å². The maximum atomic E-state index is 5.01. The lowest BCUT2D eigenvalue weighted by Crippen LogP contribution is -1.92. The van der Waals surface area contributed by atoms with Gasteiger partial charge in [0.1, 0.15) is 10.7 Å². The Kier molecular flexibility index (Phi) is 5.47. The highest BCUT2D eigenvalue weighted by Crippen LogP contribution is 2.41. The van der Waals surface area contributed by atoms with Crippen LogP contribution in [0.4, 0.5) is 10.8 Å². The zero-order valence-corrected chi connectivity index (χ0v) is 19.6. The molecule has 164 valence electrons. The van der Waals surface area contributed by atoms with Gasteiger partial charge < -0.3 is 9.88 Å². The van der Waals surface area contributed by atoms with Gasteiger partial charge in [0.05, 0.1) is 16.9 Å². The fourth-order valence-electron chi connectivity index (χ4n) is 3.69. The number of aromatic nitrogens is 4. The molecule has 0 aliphatic carbocycles. The molecule has 3 aromatic heterocycles. The summed E-state index contributed by atoms with van der Waals surface area (Å²) in [7, 11) is 0. The van der Waals surface area contributed by atoms with E-state index in [0.717, 1.165) is 48.9 Å². The Morgan fingerprint density at radius 2 is 1.50 bits per heavy atom. The number of nitrogens with one attached hydrogen (secondary N) is 1. The Bertz CT molecular complexity index is 1450. The zero-order chi connectivity index (χ0) is 22.7. The molecule has 0 spiro atoms. The molecule has 5 nitrogen and oxygen atoms in total. The second-order valence-corrected chi connectivity index (χ2v) is 9.47. The topological polar surface area (TPSA) is 55.6 Å². The van der Waals surface area contributed by atoms with Crippen molar-refractivity contribution >= 4 is 33.5 Å². The van der Waals surface area contributed by atoms with E-state index < -0.39 is 0 Å². The minimum atomic E-state index is 0.836. The van der Waals surface area contributed by atoms with Gasteiger partial charge in [-0.05, 0) is 29.8 Å². The molecule has 6 rings (SSSR count). The highest BCUT2D eigenvalue weighted by atomic mass is 32.1. The van der Waals surface area contributed by atoms with E-state index in [1.54, 1.807) is 35.2 Å². The van der Waals surface area contributed by atoms with Gasteiger partial charge in [-0.15, -0.1) is 22.7 Å². The van der Waals surface area contributed by atoms with Crippen molar-refractivity contribution in [1.82, 2.24) is 19.5 Å². The van der Waals surface area contributed by atoms with Crippen LogP contribution >= 0.6 is 22.7 Å². The second kappa shape index (κ2) is 9.05. The molecule has 0 atom stereocenters. The van der Waals surface area contributed by atoms with E-state index in [1.807, 2.05) is 47.2 Å². The molecule has 0 saturated heterocycles. The van der Waals surface area contributed by atoms with E-state index in [4.69, 9.17) is 9.97 Å². The molecule has 1 N–H and O–H groups in total. The highest BCUT2D eigenvalue weighted by Gasteiger charge is 2.17. The van der Waals surface area contributed by atoms with Crippen LogP contribution < -0.4 is 5.32 Å². The minimum absolute atomic E-state index is 0.836. The van der Waals surface area contributed by atoms with E-state index in [0.29, 0.717) is 0 Å². The van der Waals surface area contributed by atoms with Crippen LogP contribution in [0.15, 0.2) is 109 Å². The molecule has 0 saturated carbocycles. The number of nitrogens with zero attached hydrogens (tertiary/aromatic N) is 4. The Hall–Kier alpha value is -4.07. The van der Waals surface area contributed by atoms with Gasteiger partial charge in [0.15, 0.2) is 5.13 Å². The van der Waals surface area contributed by atoms with Crippen molar-refractivity contribution in [3.05, 3.63) is 109 Å². The highest BCUT2D eigenvalue weighted by molar-refractivity contribution is 7.19. The first-order valence-electron chi connectivity index (χ1n) is 10.8. The van der Waals surface area contributed by atoms with Crippen LogP contribution in [0.25, 0.3) is 38.1 Å². The van der Waals surface area contributed by atoms with Crippen LogP contribution in [0.1, 0.15) is 0 Å². The Balaban J connectivity index is 1.29. The average molecular weight is 478 g/mol. The SMILES string of the molecule is c1ccc(-c2nc(-c3csc(Nc4ccc(-n5ccnc5)cc4)n3)sc2-c2ccccc2)cc1. The number of rotatable bonds is 6. The van der Waals surface area contributed by atoms with Crippen molar-refractivity contribution in [1.29, 1.82) is 0 Å². The summed E-state index contributed by atoms with van der Waals surface area (Å²) in [6.07, 6.45) is 5.49. The summed E-state index contributed by atoms with van der Waals surface area (Å²) >= 11 is 3.25. The number of thiazole rings is 2. The molecule has 0 aliphatic heterocycles. The lowest BCUT2D eigenvalue weighted by molar-refractivity contribution is 1.06. The summed E-state index contributed by atoms with van der Waals surface area (Å²) in [5.74, 6) is 0. The van der Waals surface area contributed by atoms with Crippen LogP contribution in [0.3, 0.4) is 0 Å². The number of anilines is 2. The van der Waals surface area contributed by atoms with Crippen LogP contribution in [0, 0.1) is 0 Å². The third-order valence-electron chi connectivity index (χ3n) is 5.35. The predicted octanol–water partition coefficient (Wildman–Crippen LogP) is 7.53. The molecule has 7 heteroatoms. The van der Waals surface area contributed by atoms with Gasteiger partial charge in [0, 0.05) is 34.7 Å². The quantitative estimate of drug-likeness (QED) is 0.269. The van der Waals surface area contributed by atoms with Gasteiger partial charge in [-0.1, -0.05) is 60.7 Å². The van der Waals surface area contributed by atoms with Gasteiger partial charge in [0.2, 0.25) is 0 Å². The fourth-order valence-corrected chi connectivity index (χ4v) is 5.53. The van der Waals surface area contributed by atoms with Crippen LogP contribution in [0.2, 0.25) is 0 Å². The minimum Gasteiger partial charge on any atom is -0.332 e. The second-order valence-electron chi connectivity index (χ2n) is 7.61. The third kappa shape index (κ3) is 4.14. The van der Waals surface area contributed by atoms with Crippen molar-refractivity contribution < 1.29 is 0 Å². The predicted molar refractivity (Wildman–Crippen MR) is 141 cm³/mol. The molecule has 0 unspecified atom stereocenters. The van der Waals surface area contributed by atoms with Gasteiger partial charge in [-0.3, -0.25) is 0 Å². The van der Waals surface area contributed by atoms with E-state index >= 15 is 0 Å². The summed E-state index contributed by atoms with van der Waals surface area (Å²) in [6.45, 7) is 0. The van der Waals surface area contributed by atoms with Gasteiger partial charge in [0.25, 0.3) is 0 Å². The number of benzene rings is 3. The van der Waals surface area contributed by atoms with Crippen LogP contribution in [-0.4, -0.2) is 19.5 Å². The maximum absolute atomic E-state index is 5.01. The van der Waals surface area contributed by atoms with Crippen molar-refractivity contribution in [3.8, 4) is 38.1 Å². The van der Waals surface area contributed by atoms with E-state index in [-0.39, 0.29) is 0 Å². The van der Waals surface area contributed by atoms with E-state index in [9.17, 15) is 0 Å². The van der Waals surface area contributed by atoms with Gasteiger partial charge in [-0.2, -0.15) is 0 Å². The smallest absolute Gasteiger partial charge is 0.187 e. The lowest BCUT2D eigenvalue weighted by Gasteiger charge is -2.05. The summed E-state index contributed by atoms with van der Waals surface area (Å²) in [6, 6.07) is 28.9. The van der Waals surface area contributed by atoms with E-state index in [2.05, 4.69) is 64.2 Å². The third-order valence-corrected chi connectivity index (χ3v) is 7.24. The van der Waals surface area contributed by atoms with E-state index in [1.165, 1.54) is 0 Å². The van der Waals surface area contributed by atoms with Crippen molar-refractivity contribution in [2.24, 2.45) is 0 Å². The first kappa shape index (κ1) is 20.5. The van der Waals surface area contributed by atoms with Crippen LogP contribution in [0.5, 0.6) is 0 Å². The van der Waals surface area contributed by atoms with Crippen molar-refractivity contribution in [3.63, 3.8) is 0 Å². The molecule has 0 amide bonds. The van der Waals surface area contributed by atoms with Crippen molar-refractivity contribution in [2.45, 2.75) is 0 Å².